The Bertz CT molecular complexity index is 648. The van der Waals surface area contributed by atoms with Crippen LogP contribution in [0.15, 0.2) is 11.4 Å². The molecule has 5 nitrogen and oxygen atoms in total. The van der Waals surface area contributed by atoms with Crippen molar-refractivity contribution in [2.75, 3.05) is 13.1 Å². The van der Waals surface area contributed by atoms with E-state index in [2.05, 4.69) is 28.2 Å². The third-order valence-corrected chi connectivity index (χ3v) is 5.19. The number of thiazole rings is 1. The molecule has 6 heteroatoms. The predicted molar refractivity (Wildman–Crippen MR) is 87.1 cm³/mol. The molecule has 22 heavy (non-hydrogen) atoms. The molecular formula is C16H22N4OS. The number of amides is 1. The molecule has 1 N–H and O–H groups in total. The molecule has 1 amide bonds. The van der Waals surface area contributed by atoms with E-state index in [1.165, 1.54) is 0 Å². The van der Waals surface area contributed by atoms with Crippen LogP contribution in [0, 0.1) is 6.92 Å². The van der Waals surface area contributed by atoms with Crippen molar-refractivity contribution in [3.63, 3.8) is 0 Å². The molecule has 0 aromatic carbocycles. The molecule has 3 heterocycles. The van der Waals surface area contributed by atoms with Crippen molar-refractivity contribution in [2.45, 2.75) is 45.4 Å². The maximum absolute atomic E-state index is 12.5. The van der Waals surface area contributed by atoms with E-state index in [1.807, 2.05) is 17.2 Å². The van der Waals surface area contributed by atoms with E-state index >= 15 is 0 Å². The van der Waals surface area contributed by atoms with Gasteiger partial charge in [-0.1, -0.05) is 6.92 Å². The van der Waals surface area contributed by atoms with Crippen LogP contribution in [0.4, 0.5) is 0 Å². The SMILES string of the molecule is CCc1nc(CC(=O)N2CCCC(c3cc(C)[nH]n3)C2)cs1. The summed E-state index contributed by atoms with van der Waals surface area (Å²) in [6.07, 6.45) is 3.50. The maximum Gasteiger partial charge on any atom is 0.228 e. The number of rotatable bonds is 4. The number of hydrogen-bond acceptors (Lipinski definition) is 4. The van der Waals surface area contributed by atoms with Crippen LogP contribution in [0.3, 0.4) is 0 Å². The number of hydrogen-bond donors (Lipinski definition) is 1. The minimum atomic E-state index is 0.185. The highest BCUT2D eigenvalue weighted by Gasteiger charge is 2.26. The lowest BCUT2D eigenvalue weighted by atomic mass is 9.94. The highest BCUT2D eigenvalue weighted by atomic mass is 32.1. The molecule has 0 spiro atoms. The summed E-state index contributed by atoms with van der Waals surface area (Å²) in [7, 11) is 0. The van der Waals surface area contributed by atoms with Crippen LogP contribution in [0.25, 0.3) is 0 Å². The van der Waals surface area contributed by atoms with Gasteiger partial charge in [0.1, 0.15) is 0 Å². The highest BCUT2D eigenvalue weighted by Crippen LogP contribution is 2.26. The van der Waals surface area contributed by atoms with Gasteiger partial charge in [-0.3, -0.25) is 9.89 Å². The number of H-pyrrole nitrogens is 1. The van der Waals surface area contributed by atoms with Gasteiger partial charge in [-0.05, 0) is 32.3 Å². The molecule has 118 valence electrons. The molecule has 0 radical (unpaired) electrons. The van der Waals surface area contributed by atoms with Gasteiger partial charge in [-0.15, -0.1) is 11.3 Å². The Morgan fingerprint density at radius 2 is 2.41 bits per heavy atom. The molecule has 1 saturated heterocycles. The molecule has 0 bridgehead atoms. The normalized spacial score (nSPS) is 18.6. The zero-order valence-electron chi connectivity index (χ0n) is 13.1. The lowest BCUT2D eigenvalue weighted by Gasteiger charge is -2.32. The van der Waals surface area contributed by atoms with Gasteiger partial charge in [0.2, 0.25) is 5.91 Å². The number of likely N-dealkylation sites (tertiary alicyclic amines) is 1. The first-order valence-electron chi connectivity index (χ1n) is 7.88. The minimum Gasteiger partial charge on any atom is -0.342 e. The monoisotopic (exact) mass is 318 g/mol. The van der Waals surface area contributed by atoms with E-state index in [0.717, 1.165) is 54.4 Å². The maximum atomic E-state index is 12.5. The van der Waals surface area contributed by atoms with E-state index in [-0.39, 0.29) is 5.91 Å². The summed E-state index contributed by atoms with van der Waals surface area (Å²) in [5, 5.41) is 10.5. The van der Waals surface area contributed by atoms with Crippen molar-refractivity contribution in [3.8, 4) is 0 Å². The second-order valence-electron chi connectivity index (χ2n) is 5.92. The summed E-state index contributed by atoms with van der Waals surface area (Å²) < 4.78 is 0. The highest BCUT2D eigenvalue weighted by molar-refractivity contribution is 7.09. The fourth-order valence-electron chi connectivity index (χ4n) is 2.95. The third-order valence-electron chi connectivity index (χ3n) is 4.15. The number of carbonyl (C=O) groups excluding carboxylic acids is 1. The summed E-state index contributed by atoms with van der Waals surface area (Å²) in [5.74, 6) is 0.536. The smallest absolute Gasteiger partial charge is 0.228 e. The van der Waals surface area contributed by atoms with Crippen molar-refractivity contribution < 1.29 is 4.79 Å². The van der Waals surface area contributed by atoms with Crippen molar-refractivity contribution in [1.29, 1.82) is 0 Å². The number of nitrogens with zero attached hydrogens (tertiary/aromatic N) is 3. The fourth-order valence-corrected chi connectivity index (χ4v) is 3.70. The average Bonchev–Trinajstić information content (AvgIpc) is 3.16. The first-order valence-corrected chi connectivity index (χ1v) is 8.76. The number of aromatic nitrogens is 3. The number of aryl methyl sites for hydroxylation is 2. The summed E-state index contributed by atoms with van der Waals surface area (Å²) >= 11 is 1.64. The van der Waals surface area contributed by atoms with Crippen LogP contribution in [0.2, 0.25) is 0 Å². The Hall–Kier alpha value is -1.69. The summed E-state index contributed by atoms with van der Waals surface area (Å²) in [6, 6.07) is 2.09. The van der Waals surface area contributed by atoms with E-state index in [1.54, 1.807) is 11.3 Å². The second kappa shape index (κ2) is 6.60. The topological polar surface area (TPSA) is 61.9 Å². The molecule has 1 unspecified atom stereocenters. The van der Waals surface area contributed by atoms with Crippen molar-refractivity contribution in [2.24, 2.45) is 0 Å². The molecule has 1 aliphatic heterocycles. The number of nitrogens with one attached hydrogen (secondary N) is 1. The Kier molecular flexibility index (Phi) is 4.57. The molecule has 2 aromatic rings. The van der Waals surface area contributed by atoms with Crippen LogP contribution in [0.1, 0.15) is 47.8 Å². The van der Waals surface area contributed by atoms with Gasteiger partial charge in [0.05, 0.1) is 22.8 Å². The Morgan fingerprint density at radius 3 is 3.09 bits per heavy atom. The zero-order chi connectivity index (χ0) is 15.5. The lowest BCUT2D eigenvalue weighted by molar-refractivity contribution is -0.131. The predicted octanol–water partition coefficient (Wildman–Crippen LogP) is 2.69. The quantitative estimate of drug-likeness (QED) is 0.943. The van der Waals surface area contributed by atoms with Gasteiger partial charge in [0.25, 0.3) is 0 Å². The van der Waals surface area contributed by atoms with Gasteiger partial charge in [-0.25, -0.2) is 4.98 Å². The van der Waals surface area contributed by atoms with Gasteiger partial charge < -0.3 is 4.90 Å². The van der Waals surface area contributed by atoms with Crippen LogP contribution >= 0.6 is 11.3 Å². The van der Waals surface area contributed by atoms with Gasteiger partial charge >= 0.3 is 0 Å². The van der Waals surface area contributed by atoms with Crippen LogP contribution in [-0.2, 0) is 17.6 Å². The average molecular weight is 318 g/mol. The first kappa shape index (κ1) is 15.2. The summed E-state index contributed by atoms with van der Waals surface area (Å²) in [6.45, 7) is 5.72. The molecule has 0 aliphatic carbocycles. The third kappa shape index (κ3) is 3.38. The van der Waals surface area contributed by atoms with Gasteiger partial charge in [-0.2, -0.15) is 5.10 Å². The molecule has 3 rings (SSSR count). The fraction of sp³-hybridized carbons (Fsp3) is 0.562. The molecule has 1 atom stereocenters. The van der Waals surface area contributed by atoms with Crippen LogP contribution in [-0.4, -0.2) is 39.1 Å². The summed E-state index contributed by atoms with van der Waals surface area (Å²) in [5.41, 5.74) is 3.06. The summed E-state index contributed by atoms with van der Waals surface area (Å²) in [4.78, 5) is 19.0. The molecule has 1 aliphatic rings. The standard InChI is InChI=1S/C16H22N4OS/c1-3-15-17-13(10-22-15)8-16(21)20-6-4-5-12(9-20)14-7-11(2)18-19-14/h7,10,12H,3-6,8-9H2,1-2H3,(H,18,19). The number of carbonyl (C=O) groups is 1. The van der Waals surface area contributed by atoms with E-state index in [9.17, 15) is 4.79 Å². The van der Waals surface area contributed by atoms with Crippen molar-refractivity contribution in [3.05, 3.63) is 33.5 Å². The number of aromatic amines is 1. The second-order valence-corrected chi connectivity index (χ2v) is 6.86. The number of piperidine rings is 1. The Balaban J connectivity index is 1.62. The lowest BCUT2D eigenvalue weighted by Crippen LogP contribution is -2.40. The van der Waals surface area contributed by atoms with E-state index in [0.29, 0.717) is 12.3 Å². The van der Waals surface area contributed by atoms with Gasteiger partial charge in [0, 0.05) is 30.1 Å². The minimum absolute atomic E-state index is 0.185. The van der Waals surface area contributed by atoms with Crippen LogP contribution < -0.4 is 0 Å². The van der Waals surface area contributed by atoms with Crippen LogP contribution in [0.5, 0.6) is 0 Å². The molecule has 1 fully saturated rings. The Labute approximate surface area is 134 Å². The molecular weight excluding hydrogens is 296 g/mol. The zero-order valence-corrected chi connectivity index (χ0v) is 13.9. The molecule has 0 saturated carbocycles. The van der Waals surface area contributed by atoms with Crippen molar-refractivity contribution >= 4 is 17.2 Å². The largest absolute Gasteiger partial charge is 0.342 e. The van der Waals surface area contributed by atoms with Crippen molar-refractivity contribution in [1.82, 2.24) is 20.1 Å². The van der Waals surface area contributed by atoms with E-state index < -0.39 is 0 Å². The molecule has 2 aromatic heterocycles. The first-order chi connectivity index (χ1) is 10.7. The Morgan fingerprint density at radius 1 is 1.55 bits per heavy atom. The van der Waals surface area contributed by atoms with Gasteiger partial charge in [0.15, 0.2) is 0 Å². The van der Waals surface area contributed by atoms with E-state index in [4.69, 9.17) is 0 Å².